The fraction of sp³-hybridized carbons (Fsp3) is 0.538. The fourth-order valence-corrected chi connectivity index (χ4v) is 1.91. The molecule has 0 bridgehead atoms. The van der Waals surface area contributed by atoms with Crippen LogP contribution in [-0.2, 0) is 9.47 Å². The van der Waals surface area contributed by atoms with Gasteiger partial charge in [-0.1, -0.05) is 0 Å². The van der Waals surface area contributed by atoms with Crippen molar-refractivity contribution in [3.63, 3.8) is 0 Å². The first kappa shape index (κ1) is 12.2. The van der Waals surface area contributed by atoms with Crippen LogP contribution in [0.2, 0.25) is 0 Å². The number of methoxy groups -OCH3 is 1. The summed E-state index contributed by atoms with van der Waals surface area (Å²) in [6, 6.07) is 6.15. The van der Waals surface area contributed by atoms with E-state index in [0.717, 1.165) is 24.3 Å². The second kappa shape index (κ2) is 5.38. The van der Waals surface area contributed by atoms with Crippen molar-refractivity contribution in [1.82, 2.24) is 0 Å². The molecule has 0 atom stereocenters. The Kier molecular flexibility index (Phi) is 3.86. The van der Waals surface area contributed by atoms with Crippen molar-refractivity contribution in [2.24, 2.45) is 0 Å². The molecule has 0 aliphatic carbocycles. The van der Waals surface area contributed by atoms with Gasteiger partial charge in [0.2, 0.25) is 0 Å². The first-order valence-electron chi connectivity index (χ1n) is 5.92. The van der Waals surface area contributed by atoms with E-state index in [-0.39, 0.29) is 0 Å². The van der Waals surface area contributed by atoms with Crippen molar-refractivity contribution in [1.29, 1.82) is 0 Å². The van der Waals surface area contributed by atoms with Gasteiger partial charge >= 0.3 is 0 Å². The summed E-state index contributed by atoms with van der Waals surface area (Å²) in [5.41, 5.74) is 9.00. The SMILES string of the molecule is COCCOC1CN(c2ccc(N)c(C)c2)C1. The van der Waals surface area contributed by atoms with E-state index >= 15 is 0 Å². The van der Waals surface area contributed by atoms with Crippen molar-refractivity contribution in [2.45, 2.75) is 13.0 Å². The molecular formula is C13H20N2O2. The lowest BCUT2D eigenvalue weighted by Crippen LogP contribution is -2.52. The van der Waals surface area contributed by atoms with Gasteiger partial charge in [0.25, 0.3) is 0 Å². The molecule has 94 valence electrons. The Hall–Kier alpha value is -1.26. The van der Waals surface area contributed by atoms with Gasteiger partial charge in [0.05, 0.1) is 19.3 Å². The summed E-state index contributed by atoms with van der Waals surface area (Å²) in [7, 11) is 1.69. The number of nitrogens with zero attached hydrogens (tertiary/aromatic N) is 1. The summed E-state index contributed by atoms with van der Waals surface area (Å²) in [5.74, 6) is 0. The number of nitrogens with two attached hydrogens (primary N) is 1. The van der Waals surface area contributed by atoms with Gasteiger partial charge in [-0.05, 0) is 30.7 Å². The second-order valence-electron chi connectivity index (χ2n) is 4.43. The summed E-state index contributed by atoms with van der Waals surface area (Å²) in [6.07, 6.45) is 0.336. The molecule has 17 heavy (non-hydrogen) atoms. The fourth-order valence-electron chi connectivity index (χ4n) is 1.91. The van der Waals surface area contributed by atoms with Crippen LogP contribution < -0.4 is 10.6 Å². The smallest absolute Gasteiger partial charge is 0.0925 e. The van der Waals surface area contributed by atoms with E-state index in [1.807, 2.05) is 13.0 Å². The molecule has 1 fully saturated rings. The van der Waals surface area contributed by atoms with Crippen LogP contribution in [0, 0.1) is 6.92 Å². The number of ether oxygens (including phenoxy) is 2. The molecule has 0 amide bonds. The molecule has 1 aromatic rings. The lowest BCUT2D eigenvalue weighted by atomic mass is 10.1. The van der Waals surface area contributed by atoms with Crippen LogP contribution in [0.3, 0.4) is 0 Å². The summed E-state index contributed by atoms with van der Waals surface area (Å²) in [6.45, 7) is 5.28. The molecule has 1 aromatic carbocycles. The Morgan fingerprint density at radius 2 is 2.12 bits per heavy atom. The highest BCUT2D eigenvalue weighted by atomic mass is 16.5. The van der Waals surface area contributed by atoms with E-state index in [0.29, 0.717) is 19.3 Å². The highest BCUT2D eigenvalue weighted by Crippen LogP contribution is 2.25. The van der Waals surface area contributed by atoms with Crippen LogP contribution in [0.5, 0.6) is 0 Å². The average molecular weight is 236 g/mol. The summed E-state index contributed by atoms with van der Waals surface area (Å²) < 4.78 is 10.6. The number of hydrogen-bond acceptors (Lipinski definition) is 4. The van der Waals surface area contributed by atoms with Crippen LogP contribution >= 0.6 is 0 Å². The molecule has 4 heteroatoms. The molecule has 1 aliphatic rings. The second-order valence-corrected chi connectivity index (χ2v) is 4.43. The standard InChI is InChI=1S/C13H20N2O2/c1-10-7-11(3-4-13(10)14)15-8-12(9-15)17-6-5-16-2/h3-4,7,12H,5-6,8-9,14H2,1-2H3. The number of hydrogen-bond donors (Lipinski definition) is 1. The number of rotatable bonds is 5. The third kappa shape index (κ3) is 2.90. The predicted octanol–water partition coefficient (Wildman–Crippen LogP) is 1.43. The minimum Gasteiger partial charge on any atom is -0.399 e. The van der Waals surface area contributed by atoms with Crippen molar-refractivity contribution < 1.29 is 9.47 Å². The first-order valence-corrected chi connectivity index (χ1v) is 5.92. The van der Waals surface area contributed by atoms with Gasteiger partial charge in [0.15, 0.2) is 0 Å². The lowest BCUT2D eigenvalue weighted by molar-refractivity contribution is 0.00400. The topological polar surface area (TPSA) is 47.7 Å². The van der Waals surface area contributed by atoms with Gasteiger partial charge in [-0.15, -0.1) is 0 Å². The molecule has 2 N–H and O–H groups in total. The van der Waals surface area contributed by atoms with E-state index in [2.05, 4.69) is 17.0 Å². The predicted molar refractivity (Wildman–Crippen MR) is 69.4 cm³/mol. The van der Waals surface area contributed by atoms with Gasteiger partial charge in [-0.25, -0.2) is 0 Å². The number of nitrogen functional groups attached to an aromatic ring is 1. The Morgan fingerprint density at radius 3 is 2.76 bits per heavy atom. The third-order valence-corrected chi connectivity index (χ3v) is 3.11. The van der Waals surface area contributed by atoms with Crippen molar-refractivity contribution in [3.05, 3.63) is 23.8 Å². The van der Waals surface area contributed by atoms with E-state index in [4.69, 9.17) is 15.2 Å². The van der Waals surface area contributed by atoms with Gasteiger partial charge in [0.1, 0.15) is 0 Å². The quantitative estimate of drug-likeness (QED) is 0.620. The monoisotopic (exact) mass is 236 g/mol. The van der Waals surface area contributed by atoms with Crippen molar-refractivity contribution in [2.75, 3.05) is 44.0 Å². The van der Waals surface area contributed by atoms with Crippen molar-refractivity contribution >= 4 is 11.4 Å². The maximum absolute atomic E-state index is 5.80. The minimum absolute atomic E-state index is 0.336. The molecule has 0 aromatic heterocycles. The van der Waals surface area contributed by atoms with Crippen LogP contribution in [-0.4, -0.2) is 39.5 Å². The molecule has 1 heterocycles. The largest absolute Gasteiger partial charge is 0.399 e. The number of anilines is 2. The zero-order valence-corrected chi connectivity index (χ0v) is 10.5. The first-order chi connectivity index (χ1) is 8.20. The van der Waals surface area contributed by atoms with Crippen molar-refractivity contribution in [3.8, 4) is 0 Å². The summed E-state index contributed by atoms with van der Waals surface area (Å²) >= 11 is 0. The summed E-state index contributed by atoms with van der Waals surface area (Å²) in [5, 5.41) is 0. The molecule has 0 spiro atoms. The maximum Gasteiger partial charge on any atom is 0.0925 e. The molecular weight excluding hydrogens is 216 g/mol. The molecule has 2 rings (SSSR count). The van der Waals surface area contributed by atoms with E-state index in [1.165, 1.54) is 5.69 Å². The van der Waals surface area contributed by atoms with Crippen LogP contribution in [0.4, 0.5) is 11.4 Å². The van der Waals surface area contributed by atoms with E-state index in [1.54, 1.807) is 7.11 Å². The zero-order chi connectivity index (χ0) is 12.3. The molecule has 4 nitrogen and oxygen atoms in total. The Balaban J connectivity index is 1.80. The van der Waals surface area contributed by atoms with Gasteiger partial charge in [0, 0.05) is 31.6 Å². The van der Waals surface area contributed by atoms with Gasteiger partial charge in [-0.3, -0.25) is 0 Å². The Bertz CT molecular complexity index is 376. The molecule has 1 saturated heterocycles. The van der Waals surface area contributed by atoms with E-state index < -0.39 is 0 Å². The van der Waals surface area contributed by atoms with E-state index in [9.17, 15) is 0 Å². The van der Waals surface area contributed by atoms with Crippen LogP contribution in [0.25, 0.3) is 0 Å². The average Bonchev–Trinajstić information content (AvgIpc) is 2.26. The zero-order valence-electron chi connectivity index (χ0n) is 10.5. The normalized spacial score (nSPS) is 16.0. The molecule has 1 aliphatic heterocycles. The van der Waals surface area contributed by atoms with Gasteiger partial charge in [-0.2, -0.15) is 0 Å². The Morgan fingerprint density at radius 1 is 1.35 bits per heavy atom. The van der Waals surface area contributed by atoms with Crippen LogP contribution in [0.15, 0.2) is 18.2 Å². The summed E-state index contributed by atoms with van der Waals surface area (Å²) in [4.78, 5) is 2.30. The number of benzene rings is 1. The third-order valence-electron chi connectivity index (χ3n) is 3.11. The highest BCUT2D eigenvalue weighted by molar-refractivity contribution is 5.59. The highest BCUT2D eigenvalue weighted by Gasteiger charge is 2.27. The maximum atomic E-state index is 5.80. The van der Waals surface area contributed by atoms with Gasteiger partial charge < -0.3 is 20.1 Å². The molecule has 0 unspecified atom stereocenters. The number of aryl methyl sites for hydroxylation is 1. The Labute approximate surface area is 102 Å². The molecule has 0 saturated carbocycles. The molecule has 0 radical (unpaired) electrons. The van der Waals surface area contributed by atoms with Crippen LogP contribution in [0.1, 0.15) is 5.56 Å². The lowest BCUT2D eigenvalue weighted by Gasteiger charge is -2.40. The minimum atomic E-state index is 0.336.